The van der Waals surface area contributed by atoms with Gasteiger partial charge in [0, 0.05) is 19.0 Å². The number of carbonyl (C=O) groups is 1. The normalized spacial score (nSPS) is 35.5. The molecule has 1 aromatic rings. The maximum Gasteiger partial charge on any atom is 0.186 e. The minimum absolute atomic E-state index is 0.000417. The molecule has 1 aromatic heterocycles. The SMILES string of the molecule is Cn1ncc(Br)c1C(=O)C1C2CCC(C2)C1N. The number of nitrogens with zero attached hydrogens (tertiary/aromatic N) is 2. The molecule has 17 heavy (non-hydrogen) atoms. The Kier molecular flexibility index (Phi) is 2.63. The van der Waals surface area contributed by atoms with Crippen LogP contribution in [0.5, 0.6) is 0 Å². The molecule has 4 nitrogen and oxygen atoms in total. The lowest BCUT2D eigenvalue weighted by atomic mass is 9.81. The molecule has 4 unspecified atom stereocenters. The number of nitrogens with two attached hydrogens (primary N) is 1. The molecule has 92 valence electrons. The highest BCUT2D eigenvalue weighted by Crippen LogP contribution is 2.48. The fourth-order valence-corrected chi connectivity index (χ4v) is 4.11. The van der Waals surface area contributed by atoms with E-state index >= 15 is 0 Å². The van der Waals surface area contributed by atoms with E-state index in [4.69, 9.17) is 5.73 Å². The van der Waals surface area contributed by atoms with Crippen molar-refractivity contribution in [1.29, 1.82) is 0 Å². The maximum absolute atomic E-state index is 12.6. The average Bonchev–Trinajstić information content (AvgIpc) is 2.93. The van der Waals surface area contributed by atoms with Crippen LogP contribution in [-0.2, 0) is 7.05 Å². The second-order valence-electron chi connectivity index (χ2n) is 5.27. The fraction of sp³-hybridized carbons (Fsp3) is 0.667. The largest absolute Gasteiger partial charge is 0.327 e. The van der Waals surface area contributed by atoms with Gasteiger partial charge in [-0.1, -0.05) is 0 Å². The summed E-state index contributed by atoms with van der Waals surface area (Å²) in [5, 5.41) is 4.10. The van der Waals surface area contributed by atoms with Gasteiger partial charge in [-0.05, 0) is 47.0 Å². The van der Waals surface area contributed by atoms with E-state index in [9.17, 15) is 4.79 Å². The lowest BCUT2D eigenvalue weighted by molar-refractivity contribution is 0.0845. The molecule has 0 spiro atoms. The Morgan fingerprint density at radius 3 is 2.76 bits per heavy atom. The number of halogens is 1. The highest BCUT2D eigenvalue weighted by atomic mass is 79.9. The molecule has 0 aromatic carbocycles. The van der Waals surface area contributed by atoms with E-state index in [1.54, 1.807) is 17.9 Å². The molecule has 2 saturated carbocycles. The van der Waals surface area contributed by atoms with Crippen molar-refractivity contribution in [1.82, 2.24) is 9.78 Å². The molecular formula is C12H16BrN3O. The van der Waals surface area contributed by atoms with Crippen LogP contribution in [0.4, 0.5) is 0 Å². The molecule has 2 aliphatic carbocycles. The van der Waals surface area contributed by atoms with Crippen molar-refractivity contribution in [3.8, 4) is 0 Å². The number of hydrogen-bond donors (Lipinski definition) is 1. The number of fused-ring (bicyclic) bond motifs is 2. The lowest BCUT2D eigenvalue weighted by Gasteiger charge is -2.26. The smallest absolute Gasteiger partial charge is 0.186 e. The van der Waals surface area contributed by atoms with Gasteiger partial charge in [-0.15, -0.1) is 0 Å². The molecule has 2 fully saturated rings. The van der Waals surface area contributed by atoms with Crippen LogP contribution in [0, 0.1) is 17.8 Å². The molecule has 5 heteroatoms. The highest BCUT2D eigenvalue weighted by molar-refractivity contribution is 9.10. The van der Waals surface area contributed by atoms with E-state index < -0.39 is 0 Å². The van der Waals surface area contributed by atoms with Gasteiger partial charge >= 0.3 is 0 Å². The first-order chi connectivity index (χ1) is 8.09. The summed E-state index contributed by atoms with van der Waals surface area (Å²) in [6, 6.07) is 0.0445. The summed E-state index contributed by atoms with van der Waals surface area (Å²) in [6.45, 7) is 0. The van der Waals surface area contributed by atoms with Crippen LogP contribution in [-0.4, -0.2) is 21.6 Å². The molecule has 1 heterocycles. The standard InChI is InChI=1S/C12H16BrN3O/c1-16-11(8(13)5-15-16)12(17)9-6-2-3-7(4-6)10(9)14/h5-7,9-10H,2-4,14H2,1H3. The zero-order valence-electron chi connectivity index (χ0n) is 9.77. The van der Waals surface area contributed by atoms with Crippen molar-refractivity contribution in [3.63, 3.8) is 0 Å². The number of rotatable bonds is 2. The van der Waals surface area contributed by atoms with Gasteiger partial charge in [0.15, 0.2) is 5.78 Å². The molecule has 2 N–H and O–H groups in total. The number of aryl methyl sites for hydroxylation is 1. The first kappa shape index (κ1) is 11.4. The van der Waals surface area contributed by atoms with Gasteiger partial charge in [-0.2, -0.15) is 5.10 Å². The molecular weight excluding hydrogens is 282 g/mol. The van der Waals surface area contributed by atoms with E-state index in [0.717, 1.165) is 17.3 Å². The Morgan fingerprint density at radius 1 is 1.53 bits per heavy atom. The monoisotopic (exact) mass is 297 g/mol. The molecule has 0 saturated heterocycles. The van der Waals surface area contributed by atoms with Crippen molar-refractivity contribution < 1.29 is 4.79 Å². The topological polar surface area (TPSA) is 60.9 Å². The third kappa shape index (κ3) is 1.59. The van der Waals surface area contributed by atoms with Gasteiger partial charge in [0.25, 0.3) is 0 Å². The van der Waals surface area contributed by atoms with Crippen LogP contribution in [0.15, 0.2) is 10.7 Å². The highest BCUT2D eigenvalue weighted by Gasteiger charge is 2.49. The summed E-state index contributed by atoms with van der Waals surface area (Å²) in [5.74, 6) is 1.21. The van der Waals surface area contributed by atoms with Crippen molar-refractivity contribution in [3.05, 3.63) is 16.4 Å². The summed E-state index contributed by atoms with van der Waals surface area (Å²) >= 11 is 3.39. The van der Waals surface area contributed by atoms with Crippen molar-refractivity contribution in [2.45, 2.75) is 25.3 Å². The Balaban J connectivity index is 1.93. The zero-order valence-corrected chi connectivity index (χ0v) is 11.4. The van der Waals surface area contributed by atoms with E-state index in [2.05, 4.69) is 21.0 Å². The molecule has 0 radical (unpaired) electrons. The van der Waals surface area contributed by atoms with Crippen molar-refractivity contribution in [2.75, 3.05) is 0 Å². The van der Waals surface area contributed by atoms with Gasteiger partial charge in [-0.25, -0.2) is 0 Å². The third-order valence-corrected chi connectivity index (χ3v) is 4.99. The third-order valence-electron chi connectivity index (χ3n) is 4.41. The fourth-order valence-electron chi connectivity index (χ4n) is 3.57. The summed E-state index contributed by atoms with van der Waals surface area (Å²) in [7, 11) is 1.80. The predicted octanol–water partition coefficient (Wildman–Crippen LogP) is 1.74. The second-order valence-corrected chi connectivity index (χ2v) is 6.12. The molecule has 2 bridgehead atoms. The van der Waals surface area contributed by atoms with Gasteiger partial charge in [0.1, 0.15) is 5.69 Å². The van der Waals surface area contributed by atoms with Gasteiger partial charge < -0.3 is 5.73 Å². The Morgan fingerprint density at radius 2 is 2.24 bits per heavy atom. The predicted molar refractivity (Wildman–Crippen MR) is 67.5 cm³/mol. The van der Waals surface area contributed by atoms with Crippen LogP contribution in [0.2, 0.25) is 0 Å². The van der Waals surface area contributed by atoms with Crippen LogP contribution in [0.1, 0.15) is 29.8 Å². The maximum atomic E-state index is 12.6. The zero-order chi connectivity index (χ0) is 12.2. The number of Topliss-reactive ketones (excluding diaryl/α,β-unsaturated/α-hetero) is 1. The van der Waals surface area contributed by atoms with E-state index in [0.29, 0.717) is 17.5 Å². The van der Waals surface area contributed by atoms with Crippen LogP contribution >= 0.6 is 15.9 Å². The minimum Gasteiger partial charge on any atom is -0.327 e. The van der Waals surface area contributed by atoms with Gasteiger partial charge in [0.2, 0.25) is 0 Å². The summed E-state index contributed by atoms with van der Waals surface area (Å²) in [6.07, 6.45) is 5.16. The van der Waals surface area contributed by atoms with E-state index in [-0.39, 0.29) is 17.7 Å². The van der Waals surface area contributed by atoms with Crippen molar-refractivity contribution >= 4 is 21.7 Å². The first-order valence-electron chi connectivity index (χ1n) is 6.07. The Hall–Kier alpha value is -0.680. The second kappa shape index (κ2) is 3.92. The Bertz CT molecular complexity index is 449. The summed E-state index contributed by atoms with van der Waals surface area (Å²) < 4.78 is 2.42. The number of carbonyl (C=O) groups excluding carboxylic acids is 1. The number of aromatic nitrogens is 2. The average molecular weight is 298 g/mol. The molecule has 3 rings (SSSR count). The number of hydrogen-bond acceptors (Lipinski definition) is 3. The number of ketones is 1. The minimum atomic E-state index is 0.000417. The first-order valence-corrected chi connectivity index (χ1v) is 6.86. The van der Waals surface area contributed by atoms with E-state index in [1.807, 2.05) is 0 Å². The van der Waals surface area contributed by atoms with Gasteiger partial charge in [-0.3, -0.25) is 9.48 Å². The van der Waals surface area contributed by atoms with Crippen LogP contribution < -0.4 is 5.73 Å². The Labute approximate surface area is 109 Å². The quantitative estimate of drug-likeness (QED) is 0.846. The lowest BCUT2D eigenvalue weighted by Crippen LogP contribution is -2.40. The van der Waals surface area contributed by atoms with Crippen molar-refractivity contribution in [2.24, 2.45) is 30.5 Å². The summed E-state index contributed by atoms with van der Waals surface area (Å²) in [4.78, 5) is 12.6. The molecule has 0 aliphatic heterocycles. The summed E-state index contributed by atoms with van der Waals surface area (Å²) in [5.41, 5.74) is 6.87. The molecule has 2 aliphatic rings. The van der Waals surface area contributed by atoms with Crippen LogP contribution in [0.3, 0.4) is 0 Å². The van der Waals surface area contributed by atoms with E-state index in [1.165, 1.54) is 6.42 Å². The molecule has 4 atom stereocenters. The van der Waals surface area contributed by atoms with Gasteiger partial charge in [0.05, 0.1) is 10.7 Å². The molecule has 0 amide bonds. The van der Waals surface area contributed by atoms with Crippen LogP contribution in [0.25, 0.3) is 0 Å².